The van der Waals surface area contributed by atoms with Crippen LogP contribution in [0.15, 0.2) is 78.9 Å². The van der Waals surface area contributed by atoms with Crippen LogP contribution in [-0.4, -0.2) is 23.6 Å². The van der Waals surface area contributed by atoms with Crippen LogP contribution in [0, 0.1) is 5.92 Å². The van der Waals surface area contributed by atoms with Crippen LogP contribution < -0.4 is 15.6 Å². The maximum absolute atomic E-state index is 12.8. The Bertz CT molecular complexity index is 1050. The highest BCUT2D eigenvalue weighted by molar-refractivity contribution is 5.75. The Labute approximate surface area is 193 Å². The molecule has 3 N–H and O–H groups in total. The number of carboxylic acid groups (broad SMARTS) is 1. The number of carbonyl (C=O) groups excluding carboxylic acids is 1. The van der Waals surface area contributed by atoms with Crippen molar-refractivity contribution in [1.29, 1.82) is 0 Å². The van der Waals surface area contributed by atoms with Crippen LogP contribution in [0.5, 0.6) is 5.75 Å². The zero-order valence-electron chi connectivity index (χ0n) is 18.4. The highest BCUT2D eigenvalue weighted by atomic mass is 16.5. The number of benzene rings is 3. The third kappa shape index (κ3) is 5.99. The van der Waals surface area contributed by atoms with Gasteiger partial charge in [0.1, 0.15) is 5.75 Å². The number of carboxylic acids is 1. The second-order valence-corrected chi connectivity index (χ2v) is 8.34. The number of ether oxygens (including phenoxy) is 1. The molecular weight excluding hydrogens is 416 g/mol. The lowest BCUT2D eigenvalue weighted by Gasteiger charge is -2.26. The number of aliphatic carboxylic acids is 1. The Morgan fingerprint density at radius 3 is 2.24 bits per heavy atom. The Morgan fingerprint density at radius 2 is 1.61 bits per heavy atom. The van der Waals surface area contributed by atoms with Crippen LogP contribution in [0.3, 0.4) is 0 Å². The minimum atomic E-state index is -0.991. The number of nitrogens with one attached hydrogen (secondary N) is 2. The maximum Gasteiger partial charge on any atom is 0.341 e. The summed E-state index contributed by atoms with van der Waals surface area (Å²) in [5, 5.41) is 8.88. The molecule has 3 aromatic rings. The standard InChI is InChI=1S/C27H28N2O4/c30-25(28-29-27(20-8-3-1-4-9-20)21-10-5-2-6-11-21)17-19-14-15-23-22(16-19)12-7-13-24(23)33-18-26(31)32/h1-13,19,27,29H,14-18H2,(H,28,30)(H,31,32). The number of carbonyl (C=O) groups is 2. The van der Waals surface area contributed by atoms with E-state index in [-0.39, 0.29) is 24.5 Å². The quantitative estimate of drug-likeness (QED) is 0.433. The molecule has 0 aliphatic heterocycles. The third-order valence-corrected chi connectivity index (χ3v) is 5.99. The van der Waals surface area contributed by atoms with Gasteiger partial charge in [-0.3, -0.25) is 10.2 Å². The van der Waals surface area contributed by atoms with Crippen LogP contribution in [0.2, 0.25) is 0 Å². The molecule has 1 amide bonds. The molecule has 33 heavy (non-hydrogen) atoms. The summed E-state index contributed by atoms with van der Waals surface area (Å²) in [7, 11) is 0. The zero-order valence-corrected chi connectivity index (χ0v) is 18.4. The summed E-state index contributed by atoms with van der Waals surface area (Å²) < 4.78 is 5.44. The van der Waals surface area contributed by atoms with E-state index < -0.39 is 5.97 Å². The molecule has 0 spiro atoms. The van der Waals surface area contributed by atoms with Gasteiger partial charge >= 0.3 is 5.97 Å². The Morgan fingerprint density at radius 1 is 0.939 bits per heavy atom. The van der Waals surface area contributed by atoms with Gasteiger partial charge in [-0.25, -0.2) is 10.2 Å². The van der Waals surface area contributed by atoms with Gasteiger partial charge in [0.2, 0.25) is 5.91 Å². The molecule has 170 valence electrons. The van der Waals surface area contributed by atoms with Gasteiger partial charge in [-0.1, -0.05) is 72.8 Å². The van der Waals surface area contributed by atoms with Gasteiger partial charge in [-0.05, 0) is 53.5 Å². The summed E-state index contributed by atoms with van der Waals surface area (Å²) in [6.45, 7) is -0.349. The lowest BCUT2D eigenvalue weighted by molar-refractivity contribution is -0.139. The fraction of sp³-hybridized carbons (Fsp3) is 0.259. The summed E-state index contributed by atoms with van der Waals surface area (Å²) in [5.74, 6) is -0.178. The molecule has 1 aliphatic rings. The molecule has 0 aromatic heterocycles. The van der Waals surface area contributed by atoms with Crippen molar-refractivity contribution in [3.63, 3.8) is 0 Å². The van der Waals surface area contributed by atoms with Crippen molar-refractivity contribution in [2.24, 2.45) is 5.92 Å². The van der Waals surface area contributed by atoms with E-state index in [1.54, 1.807) is 0 Å². The third-order valence-electron chi connectivity index (χ3n) is 5.99. The van der Waals surface area contributed by atoms with Crippen LogP contribution >= 0.6 is 0 Å². The SMILES string of the molecule is O=C(O)COc1cccc2c1CCC(CC(=O)NNC(c1ccccc1)c1ccccc1)C2. The lowest BCUT2D eigenvalue weighted by Crippen LogP contribution is -2.41. The molecule has 6 heteroatoms. The monoisotopic (exact) mass is 444 g/mol. The van der Waals surface area contributed by atoms with Gasteiger partial charge in [0.05, 0.1) is 6.04 Å². The van der Waals surface area contributed by atoms with Gasteiger partial charge in [-0.2, -0.15) is 0 Å². The molecular formula is C27H28N2O4. The molecule has 0 saturated carbocycles. The molecule has 0 heterocycles. The summed E-state index contributed by atoms with van der Waals surface area (Å²) in [4.78, 5) is 23.6. The number of hydrogen-bond acceptors (Lipinski definition) is 4. The molecule has 0 radical (unpaired) electrons. The van der Waals surface area contributed by atoms with E-state index in [1.165, 1.54) is 0 Å². The average molecular weight is 445 g/mol. The van der Waals surface area contributed by atoms with Crippen LogP contribution in [0.1, 0.15) is 41.1 Å². The molecule has 6 nitrogen and oxygen atoms in total. The summed E-state index contributed by atoms with van der Waals surface area (Å²) in [6, 6.07) is 25.7. The van der Waals surface area contributed by atoms with E-state index in [9.17, 15) is 9.59 Å². The topological polar surface area (TPSA) is 87.7 Å². The van der Waals surface area contributed by atoms with Gasteiger partial charge in [0.25, 0.3) is 0 Å². The van der Waals surface area contributed by atoms with Crippen molar-refractivity contribution >= 4 is 11.9 Å². The van der Waals surface area contributed by atoms with Crippen molar-refractivity contribution in [3.05, 3.63) is 101 Å². The van der Waals surface area contributed by atoms with Crippen LogP contribution in [-0.2, 0) is 22.4 Å². The average Bonchev–Trinajstić information content (AvgIpc) is 2.84. The smallest absolute Gasteiger partial charge is 0.341 e. The summed E-state index contributed by atoms with van der Waals surface area (Å²) in [5.41, 5.74) is 10.5. The summed E-state index contributed by atoms with van der Waals surface area (Å²) in [6.07, 6.45) is 2.82. The molecule has 0 fully saturated rings. The molecule has 0 bridgehead atoms. The zero-order chi connectivity index (χ0) is 23.0. The summed E-state index contributed by atoms with van der Waals surface area (Å²) >= 11 is 0. The van der Waals surface area contributed by atoms with E-state index in [4.69, 9.17) is 9.84 Å². The first-order valence-electron chi connectivity index (χ1n) is 11.2. The number of amides is 1. The Hall–Kier alpha value is -3.64. The second-order valence-electron chi connectivity index (χ2n) is 8.34. The number of rotatable bonds is 9. The van der Waals surface area contributed by atoms with E-state index in [1.807, 2.05) is 78.9 Å². The maximum atomic E-state index is 12.8. The molecule has 3 aromatic carbocycles. The van der Waals surface area contributed by atoms with Crippen molar-refractivity contribution in [2.75, 3.05) is 6.61 Å². The Balaban J connectivity index is 1.36. The first-order chi connectivity index (χ1) is 16.1. The molecule has 4 rings (SSSR count). The first-order valence-corrected chi connectivity index (χ1v) is 11.2. The molecule has 1 unspecified atom stereocenters. The molecule has 0 saturated heterocycles. The largest absolute Gasteiger partial charge is 0.482 e. The minimum absolute atomic E-state index is 0.0430. The van der Waals surface area contributed by atoms with Gasteiger partial charge in [0, 0.05) is 6.42 Å². The number of hydrogen-bond donors (Lipinski definition) is 3. The van der Waals surface area contributed by atoms with Crippen molar-refractivity contribution in [2.45, 2.75) is 31.7 Å². The lowest BCUT2D eigenvalue weighted by atomic mass is 9.82. The van der Waals surface area contributed by atoms with Crippen LogP contribution in [0.4, 0.5) is 0 Å². The van der Waals surface area contributed by atoms with E-state index in [0.29, 0.717) is 12.2 Å². The Kier molecular flexibility index (Phi) is 7.37. The van der Waals surface area contributed by atoms with Crippen molar-refractivity contribution < 1.29 is 19.4 Å². The first kappa shape index (κ1) is 22.6. The van der Waals surface area contributed by atoms with E-state index >= 15 is 0 Å². The molecule has 1 aliphatic carbocycles. The van der Waals surface area contributed by atoms with E-state index in [2.05, 4.69) is 10.9 Å². The second kappa shape index (κ2) is 10.8. The predicted molar refractivity (Wildman–Crippen MR) is 126 cm³/mol. The van der Waals surface area contributed by atoms with Gasteiger partial charge < -0.3 is 9.84 Å². The van der Waals surface area contributed by atoms with Gasteiger partial charge in [0.15, 0.2) is 6.61 Å². The van der Waals surface area contributed by atoms with Gasteiger partial charge in [-0.15, -0.1) is 0 Å². The number of fused-ring (bicyclic) bond motifs is 1. The normalized spacial score (nSPS) is 15.0. The highest BCUT2D eigenvalue weighted by Gasteiger charge is 2.24. The predicted octanol–water partition coefficient (Wildman–Crippen LogP) is 4.06. The van der Waals surface area contributed by atoms with Crippen molar-refractivity contribution in [1.82, 2.24) is 10.9 Å². The molecule has 1 atom stereocenters. The fourth-order valence-corrected chi connectivity index (χ4v) is 4.41. The van der Waals surface area contributed by atoms with Crippen LogP contribution in [0.25, 0.3) is 0 Å². The van der Waals surface area contributed by atoms with E-state index in [0.717, 1.165) is 41.5 Å². The number of hydrazine groups is 1. The van der Waals surface area contributed by atoms with Crippen molar-refractivity contribution in [3.8, 4) is 5.75 Å². The minimum Gasteiger partial charge on any atom is -0.482 e. The fourth-order valence-electron chi connectivity index (χ4n) is 4.41. The highest BCUT2D eigenvalue weighted by Crippen LogP contribution is 2.33.